The molecule has 0 aliphatic heterocycles. The van der Waals surface area contributed by atoms with Crippen LogP contribution in [0.4, 0.5) is 5.69 Å². The number of hydrogen-bond acceptors (Lipinski definition) is 4. The van der Waals surface area contributed by atoms with E-state index in [-0.39, 0.29) is 5.91 Å². The summed E-state index contributed by atoms with van der Waals surface area (Å²) >= 11 is 0. The Morgan fingerprint density at radius 3 is 2.76 bits per heavy atom. The number of ketones is 1. The van der Waals surface area contributed by atoms with Crippen LogP contribution in [0.3, 0.4) is 0 Å². The van der Waals surface area contributed by atoms with Crippen molar-refractivity contribution >= 4 is 17.4 Å². The summed E-state index contributed by atoms with van der Waals surface area (Å²) in [5.74, 6) is 0.995. The van der Waals surface area contributed by atoms with Crippen LogP contribution in [0.5, 0.6) is 5.75 Å². The topological polar surface area (TPSA) is 58.6 Å². The Morgan fingerprint density at radius 2 is 2.10 bits per heavy atom. The Bertz CT molecular complexity index is 506. The largest absolute Gasteiger partial charge is 0.497 e. The first-order chi connectivity index (χ1) is 10.1. The number of benzene rings is 1. The summed E-state index contributed by atoms with van der Waals surface area (Å²) in [6.07, 6.45) is 2.96. The molecule has 0 atom stereocenters. The second kappa shape index (κ2) is 7.22. The number of methoxy groups -OCH3 is 1. The van der Waals surface area contributed by atoms with Gasteiger partial charge in [-0.05, 0) is 32.0 Å². The van der Waals surface area contributed by atoms with Gasteiger partial charge in [0, 0.05) is 30.6 Å². The Labute approximate surface area is 125 Å². The van der Waals surface area contributed by atoms with Gasteiger partial charge in [0.1, 0.15) is 11.5 Å². The Kier molecular flexibility index (Phi) is 5.33. The molecule has 0 unspecified atom stereocenters. The predicted molar refractivity (Wildman–Crippen MR) is 81.5 cm³/mol. The third kappa shape index (κ3) is 4.56. The molecular weight excluding hydrogens is 268 g/mol. The predicted octanol–water partition coefficient (Wildman–Crippen LogP) is 2.08. The van der Waals surface area contributed by atoms with Gasteiger partial charge >= 0.3 is 0 Å². The second-order valence-corrected chi connectivity index (χ2v) is 5.47. The van der Waals surface area contributed by atoms with E-state index in [4.69, 9.17) is 4.74 Å². The van der Waals surface area contributed by atoms with Crippen molar-refractivity contribution in [2.45, 2.75) is 31.7 Å². The number of likely N-dealkylation sites (N-methyl/N-ethyl adjacent to an activating group) is 1. The maximum atomic E-state index is 12.1. The molecule has 0 heterocycles. The molecule has 1 aliphatic carbocycles. The molecular formula is C16H22N2O3. The van der Waals surface area contributed by atoms with Crippen molar-refractivity contribution in [3.8, 4) is 5.75 Å². The van der Waals surface area contributed by atoms with Gasteiger partial charge in [-0.25, -0.2) is 0 Å². The smallest absolute Gasteiger partial charge is 0.238 e. The molecule has 114 valence electrons. The van der Waals surface area contributed by atoms with E-state index < -0.39 is 0 Å². The van der Waals surface area contributed by atoms with Crippen LogP contribution < -0.4 is 10.1 Å². The van der Waals surface area contributed by atoms with E-state index in [1.165, 1.54) is 0 Å². The molecule has 0 aromatic heterocycles. The van der Waals surface area contributed by atoms with E-state index in [1.54, 1.807) is 13.2 Å². The molecule has 1 aromatic carbocycles. The first-order valence-electron chi connectivity index (χ1n) is 7.24. The number of nitrogens with one attached hydrogen (secondary N) is 1. The Morgan fingerprint density at radius 1 is 1.38 bits per heavy atom. The molecule has 1 fully saturated rings. The molecule has 0 saturated heterocycles. The van der Waals surface area contributed by atoms with Crippen LogP contribution in [0.15, 0.2) is 24.3 Å². The van der Waals surface area contributed by atoms with Gasteiger partial charge in [0.2, 0.25) is 5.91 Å². The summed E-state index contributed by atoms with van der Waals surface area (Å²) in [4.78, 5) is 25.3. The van der Waals surface area contributed by atoms with Gasteiger partial charge in [-0.1, -0.05) is 6.07 Å². The third-order valence-corrected chi connectivity index (χ3v) is 3.88. The number of rotatable bonds is 5. The number of amides is 1. The first kappa shape index (κ1) is 15.5. The van der Waals surface area contributed by atoms with Crippen LogP contribution in [0.2, 0.25) is 0 Å². The van der Waals surface area contributed by atoms with Gasteiger partial charge in [0.05, 0.1) is 13.7 Å². The zero-order chi connectivity index (χ0) is 15.2. The van der Waals surface area contributed by atoms with E-state index in [0.717, 1.165) is 18.5 Å². The van der Waals surface area contributed by atoms with E-state index >= 15 is 0 Å². The zero-order valence-electron chi connectivity index (χ0n) is 12.6. The van der Waals surface area contributed by atoms with Gasteiger partial charge in [-0.3, -0.25) is 14.5 Å². The van der Waals surface area contributed by atoms with E-state index in [2.05, 4.69) is 5.32 Å². The van der Waals surface area contributed by atoms with Crippen LogP contribution in [0.1, 0.15) is 25.7 Å². The van der Waals surface area contributed by atoms with Crippen molar-refractivity contribution in [1.29, 1.82) is 0 Å². The number of hydrogen-bond donors (Lipinski definition) is 1. The maximum Gasteiger partial charge on any atom is 0.238 e. The first-order valence-corrected chi connectivity index (χ1v) is 7.24. The Balaban J connectivity index is 1.84. The molecule has 0 spiro atoms. The van der Waals surface area contributed by atoms with Gasteiger partial charge in [0.15, 0.2) is 0 Å². The Hall–Kier alpha value is -1.88. The lowest BCUT2D eigenvalue weighted by Gasteiger charge is -2.30. The number of Topliss-reactive ketones (excluding diaryl/α,β-unsaturated/α-hetero) is 1. The van der Waals surface area contributed by atoms with Crippen molar-refractivity contribution in [2.24, 2.45) is 0 Å². The summed E-state index contributed by atoms with van der Waals surface area (Å²) in [5, 5.41) is 2.87. The molecule has 1 aliphatic rings. The highest BCUT2D eigenvalue weighted by Crippen LogP contribution is 2.20. The van der Waals surface area contributed by atoms with Gasteiger partial charge in [0.25, 0.3) is 0 Å². The molecule has 0 radical (unpaired) electrons. The highest BCUT2D eigenvalue weighted by Gasteiger charge is 2.23. The van der Waals surface area contributed by atoms with Gasteiger partial charge < -0.3 is 10.1 Å². The number of carbonyl (C=O) groups excluding carboxylic acids is 2. The fourth-order valence-corrected chi connectivity index (χ4v) is 2.62. The van der Waals surface area contributed by atoms with E-state index in [0.29, 0.717) is 37.0 Å². The molecule has 5 heteroatoms. The van der Waals surface area contributed by atoms with E-state index in [9.17, 15) is 9.59 Å². The normalized spacial score (nSPS) is 16.0. The van der Waals surface area contributed by atoms with Gasteiger partial charge in [-0.2, -0.15) is 0 Å². The SMILES string of the molecule is COc1cccc(NC(=O)CN(C)C2CCC(=O)CC2)c1. The molecule has 2 rings (SSSR count). The maximum absolute atomic E-state index is 12.1. The second-order valence-electron chi connectivity index (χ2n) is 5.47. The lowest BCUT2D eigenvalue weighted by atomic mass is 9.93. The van der Waals surface area contributed by atoms with Crippen LogP contribution in [0, 0.1) is 0 Å². The van der Waals surface area contributed by atoms with Gasteiger partial charge in [-0.15, -0.1) is 0 Å². The minimum absolute atomic E-state index is 0.0531. The van der Waals surface area contributed by atoms with Crippen LogP contribution in [-0.4, -0.2) is 43.3 Å². The minimum atomic E-state index is -0.0531. The number of ether oxygens (including phenoxy) is 1. The number of nitrogens with zero attached hydrogens (tertiary/aromatic N) is 1. The average molecular weight is 290 g/mol. The van der Waals surface area contributed by atoms with Crippen LogP contribution >= 0.6 is 0 Å². The summed E-state index contributed by atoms with van der Waals surface area (Å²) < 4.78 is 5.13. The van der Waals surface area contributed by atoms with E-state index in [1.807, 2.05) is 30.1 Å². The third-order valence-electron chi connectivity index (χ3n) is 3.88. The summed E-state index contributed by atoms with van der Waals surface area (Å²) in [7, 11) is 3.53. The fraction of sp³-hybridized carbons (Fsp3) is 0.500. The number of carbonyl (C=O) groups is 2. The summed E-state index contributed by atoms with van der Waals surface area (Å²) in [6.45, 7) is 0.329. The van der Waals surface area contributed by atoms with Crippen LogP contribution in [0.25, 0.3) is 0 Å². The summed E-state index contributed by atoms with van der Waals surface area (Å²) in [6, 6.07) is 7.61. The monoisotopic (exact) mass is 290 g/mol. The van der Waals surface area contributed by atoms with Crippen molar-refractivity contribution in [1.82, 2.24) is 4.90 Å². The fourth-order valence-electron chi connectivity index (χ4n) is 2.62. The van der Waals surface area contributed by atoms with Crippen molar-refractivity contribution in [2.75, 3.05) is 26.0 Å². The number of anilines is 1. The molecule has 1 amide bonds. The lowest BCUT2D eigenvalue weighted by Crippen LogP contribution is -2.40. The standard InChI is InChI=1S/C16H22N2O3/c1-18(13-6-8-14(19)9-7-13)11-16(20)17-12-4-3-5-15(10-12)21-2/h3-5,10,13H,6-9,11H2,1-2H3,(H,17,20). The molecule has 1 N–H and O–H groups in total. The molecule has 1 aromatic rings. The lowest BCUT2D eigenvalue weighted by molar-refractivity contribution is -0.121. The van der Waals surface area contributed by atoms with Crippen molar-refractivity contribution in [3.63, 3.8) is 0 Å². The molecule has 21 heavy (non-hydrogen) atoms. The summed E-state index contributed by atoms with van der Waals surface area (Å²) in [5.41, 5.74) is 0.728. The molecule has 1 saturated carbocycles. The highest BCUT2D eigenvalue weighted by atomic mass is 16.5. The molecule has 5 nitrogen and oxygen atoms in total. The molecule has 0 bridgehead atoms. The van der Waals surface area contributed by atoms with Crippen LogP contribution in [-0.2, 0) is 9.59 Å². The van der Waals surface area contributed by atoms with Crippen molar-refractivity contribution < 1.29 is 14.3 Å². The minimum Gasteiger partial charge on any atom is -0.497 e. The quantitative estimate of drug-likeness (QED) is 0.902. The zero-order valence-corrected chi connectivity index (χ0v) is 12.6. The van der Waals surface area contributed by atoms with Crippen molar-refractivity contribution in [3.05, 3.63) is 24.3 Å². The average Bonchev–Trinajstić information content (AvgIpc) is 2.47. The highest BCUT2D eigenvalue weighted by molar-refractivity contribution is 5.92.